The Kier molecular flexibility index (Phi) is 3.14. The summed E-state index contributed by atoms with van der Waals surface area (Å²) in [4.78, 5) is 14.8. The second-order valence-corrected chi connectivity index (χ2v) is 4.53. The lowest BCUT2D eigenvalue weighted by molar-refractivity contribution is 0.0662. The van der Waals surface area contributed by atoms with Crippen LogP contribution >= 0.6 is 22.6 Å². The fourth-order valence-electron chi connectivity index (χ4n) is 1.37. The van der Waals surface area contributed by atoms with Gasteiger partial charge in [0.25, 0.3) is 0 Å². The summed E-state index contributed by atoms with van der Waals surface area (Å²) in [6, 6.07) is 4.11. The number of carbonyl (C=O) groups is 1. The molecule has 0 fully saturated rings. The number of aromatic carboxylic acids is 1. The lowest BCUT2D eigenvalue weighted by Gasteiger charge is -1.99. The van der Waals surface area contributed by atoms with Crippen LogP contribution in [0.1, 0.15) is 16.2 Å². The third kappa shape index (κ3) is 2.31. The van der Waals surface area contributed by atoms with Crippen LogP contribution < -0.4 is 0 Å². The lowest BCUT2D eigenvalue weighted by atomic mass is 10.2. The molecule has 88 valence electrons. The van der Waals surface area contributed by atoms with Gasteiger partial charge in [0.15, 0.2) is 0 Å². The van der Waals surface area contributed by atoms with Gasteiger partial charge in [-0.3, -0.25) is 0 Å². The predicted octanol–water partition coefficient (Wildman–Crippen LogP) is 3.09. The molecule has 0 spiro atoms. The minimum absolute atomic E-state index is 0.185. The van der Waals surface area contributed by atoms with Gasteiger partial charge in [-0.2, -0.15) is 0 Å². The Bertz CT molecular complexity index is 594. The molecule has 0 radical (unpaired) electrons. The number of nitrogens with zero attached hydrogens (tertiary/aromatic N) is 1. The van der Waals surface area contributed by atoms with Crippen LogP contribution in [-0.4, -0.2) is 16.1 Å². The first kappa shape index (κ1) is 12.0. The summed E-state index contributed by atoms with van der Waals surface area (Å²) >= 11 is 1.94. The van der Waals surface area contributed by atoms with Crippen molar-refractivity contribution in [2.45, 2.75) is 6.92 Å². The second-order valence-electron chi connectivity index (χ2n) is 3.36. The number of halogens is 2. The molecular formula is C11H7FINO3. The molecule has 1 aromatic carbocycles. The highest BCUT2D eigenvalue weighted by molar-refractivity contribution is 14.1. The Morgan fingerprint density at radius 1 is 1.53 bits per heavy atom. The van der Waals surface area contributed by atoms with Gasteiger partial charge in [0, 0.05) is 3.57 Å². The van der Waals surface area contributed by atoms with E-state index in [1.165, 1.54) is 18.2 Å². The van der Waals surface area contributed by atoms with Gasteiger partial charge < -0.3 is 9.52 Å². The molecule has 0 bridgehead atoms. The number of hydrogen-bond acceptors (Lipinski definition) is 3. The third-order valence-electron chi connectivity index (χ3n) is 2.15. The Balaban J connectivity index is 2.53. The molecule has 0 aliphatic heterocycles. The van der Waals surface area contributed by atoms with Crippen LogP contribution in [0.2, 0.25) is 0 Å². The standard InChI is InChI=1S/C11H7FINO3/c1-5-9(11(15)16)17-10(14-5)7-3-2-6(12)4-8(7)13/h2-4H,1H3,(H,15,16). The van der Waals surface area contributed by atoms with E-state index in [4.69, 9.17) is 9.52 Å². The van der Waals surface area contributed by atoms with Gasteiger partial charge in [-0.1, -0.05) is 0 Å². The zero-order valence-corrected chi connectivity index (χ0v) is 10.9. The normalized spacial score (nSPS) is 10.5. The summed E-state index contributed by atoms with van der Waals surface area (Å²) in [5.74, 6) is -1.54. The number of carboxylic acids is 1. The zero-order chi connectivity index (χ0) is 12.6. The first-order valence-corrected chi connectivity index (χ1v) is 5.73. The number of carboxylic acid groups (broad SMARTS) is 1. The molecule has 0 amide bonds. The summed E-state index contributed by atoms with van der Waals surface area (Å²) in [5, 5.41) is 8.84. The van der Waals surface area contributed by atoms with Crippen LogP contribution in [0, 0.1) is 16.3 Å². The van der Waals surface area contributed by atoms with Gasteiger partial charge in [-0.15, -0.1) is 0 Å². The van der Waals surface area contributed by atoms with Crippen molar-refractivity contribution in [3.63, 3.8) is 0 Å². The van der Waals surface area contributed by atoms with Crippen LogP contribution in [0.5, 0.6) is 0 Å². The molecule has 6 heteroatoms. The van der Waals surface area contributed by atoms with Crippen molar-refractivity contribution >= 4 is 28.6 Å². The van der Waals surface area contributed by atoms with E-state index in [1.807, 2.05) is 22.6 Å². The van der Waals surface area contributed by atoms with Crippen molar-refractivity contribution in [3.05, 3.63) is 39.0 Å². The predicted molar refractivity (Wildman–Crippen MR) is 66.3 cm³/mol. The van der Waals surface area contributed by atoms with Crippen LogP contribution in [0.15, 0.2) is 22.6 Å². The smallest absolute Gasteiger partial charge is 0.373 e. The van der Waals surface area contributed by atoms with Crippen molar-refractivity contribution in [1.82, 2.24) is 4.98 Å². The molecule has 4 nitrogen and oxygen atoms in total. The van der Waals surface area contributed by atoms with E-state index in [1.54, 1.807) is 6.92 Å². The second kappa shape index (κ2) is 4.44. The van der Waals surface area contributed by atoms with E-state index in [0.29, 0.717) is 14.8 Å². The van der Waals surface area contributed by atoms with E-state index >= 15 is 0 Å². The third-order valence-corrected chi connectivity index (χ3v) is 3.04. The molecule has 0 saturated heterocycles. The highest BCUT2D eigenvalue weighted by Crippen LogP contribution is 2.27. The largest absolute Gasteiger partial charge is 0.475 e. The summed E-state index contributed by atoms with van der Waals surface area (Å²) in [7, 11) is 0. The lowest BCUT2D eigenvalue weighted by Crippen LogP contribution is -1.95. The average Bonchev–Trinajstić information content (AvgIpc) is 2.60. The molecule has 0 saturated carbocycles. The van der Waals surface area contributed by atoms with Gasteiger partial charge in [0.1, 0.15) is 5.82 Å². The van der Waals surface area contributed by atoms with Crippen molar-refractivity contribution in [2.24, 2.45) is 0 Å². The molecule has 0 unspecified atom stereocenters. The zero-order valence-electron chi connectivity index (χ0n) is 8.70. The fourth-order valence-corrected chi connectivity index (χ4v) is 2.08. The molecular weight excluding hydrogens is 340 g/mol. The Labute approximate surface area is 110 Å². The van der Waals surface area contributed by atoms with Crippen LogP contribution in [0.4, 0.5) is 4.39 Å². The maximum Gasteiger partial charge on any atom is 0.373 e. The maximum absolute atomic E-state index is 12.9. The Morgan fingerprint density at radius 3 is 2.76 bits per heavy atom. The number of rotatable bonds is 2. The van der Waals surface area contributed by atoms with Gasteiger partial charge in [0.05, 0.1) is 11.3 Å². The van der Waals surface area contributed by atoms with Crippen molar-refractivity contribution < 1.29 is 18.7 Å². The van der Waals surface area contributed by atoms with E-state index in [2.05, 4.69) is 4.98 Å². The molecule has 2 aromatic rings. The topological polar surface area (TPSA) is 63.3 Å². The van der Waals surface area contributed by atoms with Gasteiger partial charge in [0.2, 0.25) is 11.7 Å². The summed E-state index contributed by atoms with van der Waals surface area (Å²) in [5.41, 5.74) is 0.871. The van der Waals surface area contributed by atoms with Gasteiger partial charge >= 0.3 is 5.97 Å². The van der Waals surface area contributed by atoms with Crippen LogP contribution in [0.3, 0.4) is 0 Å². The molecule has 0 aliphatic rings. The van der Waals surface area contributed by atoms with E-state index in [0.717, 1.165) is 0 Å². The molecule has 2 rings (SSSR count). The quantitative estimate of drug-likeness (QED) is 0.848. The SMILES string of the molecule is Cc1nc(-c2ccc(F)cc2I)oc1C(=O)O. The molecule has 0 atom stereocenters. The average molecular weight is 347 g/mol. The Hall–Kier alpha value is -1.44. The molecule has 1 heterocycles. The number of oxazole rings is 1. The minimum Gasteiger partial charge on any atom is -0.475 e. The van der Waals surface area contributed by atoms with Crippen LogP contribution in [-0.2, 0) is 0 Å². The number of hydrogen-bond donors (Lipinski definition) is 1. The van der Waals surface area contributed by atoms with Gasteiger partial charge in [-0.25, -0.2) is 14.2 Å². The number of benzene rings is 1. The Morgan fingerprint density at radius 2 is 2.24 bits per heavy atom. The van der Waals surface area contributed by atoms with Crippen molar-refractivity contribution in [3.8, 4) is 11.5 Å². The van der Waals surface area contributed by atoms with Gasteiger partial charge in [-0.05, 0) is 47.7 Å². The van der Waals surface area contributed by atoms with Crippen molar-refractivity contribution in [1.29, 1.82) is 0 Å². The first-order chi connectivity index (χ1) is 7.99. The summed E-state index contributed by atoms with van der Waals surface area (Å²) in [6.45, 7) is 1.55. The first-order valence-electron chi connectivity index (χ1n) is 4.65. The fraction of sp³-hybridized carbons (Fsp3) is 0.0909. The van der Waals surface area contributed by atoms with E-state index in [-0.39, 0.29) is 17.5 Å². The number of aromatic nitrogens is 1. The van der Waals surface area contributed by atoms with E-state index < -0.39 is 5.97 Å². The minimum atomic E-state index is -1.17. The molecule has 0 aliphatic carbocycles. The summed E-state index contributed by atoms with van der Waals surface area (Å²) in [6.07, 6.45) is 0. The summed E-state index contributed by atoms with van der Waals surface area (Å²) < 4.78 is 18.7. The maximum atomic E-state index is 12.9. The molecule has 17 heavy (non-hydrogen) atoms. The molecule has 1 N–H and O–H groups in total. The highest BCUT2D eigenvalue weighted by Gasteiger charge is 2.18. The van der Waals surface area contributed by atoms with E-state index in [9.17, 15) is 9.18 Å². The monoisotopic (exact) mass is 347 g/mol. The molecule has 1 aromatic heterocycles. The van der Waals surface area contributed by atoms with Crippen molar-refractivity contribution in [2.75, 3.05) is 0 Å². The highest BCUT2D eigenvalue weighted by atomic mass is 127. The van der Waals surface area contributed by atoms with Crippen LogP contribution in [0.25, 0.3) is 11.5 Å². The number of aryl methyl sites for hydroxylation is 1.